The van der Waals surface area contributed by atoms with Crippen LogP contribution in [0.1, 0.15) is 10.5 Å². The largest absolute Gasteiger partial charge is 0.451 e. The van der Waals surface area contributed by atoms with E-state index in [4.69, 9.17) is 4.74 Å². The number of carbonyl (C=O) groups excluding carboxylic acids is 2. The van der Waals surface area contributed by atoms with Crippen molar-refractivity contribution in [1.82, 2.24) is 18.9 Å². The SMILES string of the molecule is O=C(COC(=O)c1n[nH]c2ccccc12)Nc1cccc2nsnc12. The van der Waals surface area contributed by atoms with Crippen molar-refractivity contribution in [3.05, 3.63) is 48.2 Å². The molecule has 4 rings (SSSR count). The molecule has 1 amide bonds. The normalized spacial score (nSPS) is 10.9. The summed E-state index contributed by atoms with van der Waals surface area (Å²) in [6.07, 6.45) is 0. The Morgan fingerprint density at radius 2 is 2.00 bits per heavy atom. The molecule has 0 spiro atoms. The lowest BCUT2D eigenvalue weighted by Crippen LogP contribution is -2.21. The van der Waals surface area contributed by atoms with E-state index in [1.165, 1.54) is 0 Å². The van der Waals surface area contributed by atoms with Crippen molar-refractivity contribution in [2.24, 2.45) is 0 Å². The van der Waals surface area contributed by atoms with Crippen molar-refractivity contribution < 1.29 is 14.3 Å². The molecule has 2 heterocycles. The van der Waals surface area contributed by atoms with Crippen LogP contribution in [0.4, 0.5) is 5.69 Å². The molecule has 0 aliphatic heterocycles. The smallest absolute Gasteiger partial charge is 0.359 e. The van der Waals surface area contributed by atoms with Crippen molar-refractivity contribution in [2.75, 3.05) is 11.9 Å². The van der Waals surface area contributed by atoms with Crippen molar-refractivity contribution in [3.8, 4) is 0 Å². The Hall–Kier alpha value is -3.33. The Morgan fingerprint density at radius 3 is 2.92 bits per heavy atom. The highest BCUT2D eigenvalue weighted by molar-refractivity contribution is 7.00. The first-order chi connectivity index (χ1) is 12.2. The molecule has 8 nitrogen and oxygen atoms in total. The minimum absolute atomic E-state index is 0.147. The first-order valence-corrected chi connectivity index (χ1v) is 8.07. The van der Waals surface area contributed by atoms with Gasteiger partial charge in [-0.15, -0.1) is 0 Å². The summed E-state index contributed by atoms with van der Waals surface area (Å²) in [5.41, 5.74) is 2.70. The molecular formula is C16H11N5O3S. The number of aromatic amines is 1. The number of nitrogens with zero attached hydrogens (tertiary/aromatic N) is 3. The number of nitrogens with one attached hydrogen (secondary N) is 2. The second-order valence-electron chi connectivity index (χ2n) is 5.18. The van der Waals surface area contributed by atoms with Crippen LogP contribution in [0.15, 0.2) is 42.5 Å². The number of fused-ring (bicyclic) bond motifs is 2. The van der Waals surface area contributed by atoms with Crippen LogP contribution in [0, 0.1) is 0 Å². The summed E-state index contributed by atoms with van der Waals surface area (Å²) < 4.78 is 13.3. The summed E-state index contributed by atoms with van der Waals surface area (Å²) in [5.74, 6) is -1.13. The minimum Gasteiger partial charge on any atom is -0.451 e. The molecule has 124 valence electrons. The van der Waals surface area contributed by atoms with E-state index in [2.05, 4.69) is 24.3 Å². The molecule has 4 aromatic rings. The van der Waals surface area contributed by atoms with Crippen molar-refractivity contribution in [3.63, 3.8) is 0 Å². The van der Waals surface area contributed by atoms with Gasteiger partial charge in [0, 0.05) is 5.39 Å². The van der Waals surface area contributed by atoms with E-state index >= 15 is 0 Å². The number of hydrogen-bond acceptors (Lipinski definition) is 7. The number of ether oxygens (including phenoxy) is 1. The number of benzene rings is 2. The molecule has 0 aliphatic rings. The number of carbonyl (C=O) groups is 2. The van der Waals surface area contributed by atoms with E-state index in [0.717, 1.165) is 17.2 Å². The third kappa shape index (κ3) is 2.92. The van der Waals surface area contributed by atoms with Crippen LogP contribution in [-0.2, 0) is 9.53 Å². The molecule has 0 unspecified atom stereocenters. The van der Waals surface area contributed by atoms with Gasteiger partial charge >= 0.3 is 5.97 Å². The van der Waals surface area contributed by atoms with E-state index in [-0.39, 0.29) is 5.69 Å². The molecular weight excluding hydrogens is 342 g/mol. The molecule has 0 atom stereocenters. The number of rotatable bonds is 4. The van der Waals surface area contributed by atoms with Crippen LogP contribution in [0.2, 0.25) is 0 Å². The number of H-pyrrole nitrogens is 1. The number of esters is 1. The lowest BCUT2D eigenvalue weighted by Gasteiger charge is -2.06. The standard InChI is InChI=1S/C16H11N5O3S/c22-13(17-11-6-3-7-12-15(11)21-25-20-12)8-24-16(23)14-9-4-1-2-5-10(9)18-19-14/h1-7H,8H2,(H,17,22)(H,18,19). The van der Waals surface area contributed by atoms with Crippen molar-refractivity contribution in [2.45, 2.75) is 0 Å². The number of para-hydroxylation sites is 1. The fraction of sp³-hybridized carbons (Fsp3) is 0.0625. The molecule has 0 bridgehead atoms. The Labute approximate surface area is 145 Å². The highest BCUT2D eigenvalue weighted by Crippen LogP contribution is 2.21. The number of amides is 1. The highest BCUT2D eigenvalue weighted by Gasteiger charge is 2.17. The van der Waals surface area contributed by atoms with Gasteiger partial charge in [0.1, 0.15) is 11.0 Å². The first-order valence-electron chi connectivity index (χ1n) is 7.34. The third-order valence-corrected chi connectivity index (χ3v) is 4.10. The van der Waals surface area contributed by atoms with Crippen LogP contribution in [-0.4, -0.2) is 37.4 Å². The van der Waals surface area contributed by atoms with Crippen LogP contribution < -0.4 is 5.32 Å². The maximum Gasteiger partial charge on any atom is 0.359 e. The molecule has 0 saturated carbocycles. The lowest BCUT2D eigenvalue weighted by molar-refractivity contribution is -0.119. The van der Waals surface area contributed by atoms with Gasteiger partial charge in [0.25, 0.3) is 5.91 Å². The van der Waals surface area contributed by atoms with E-state index in [1.807, 2.05) is 6.07 Å². The van der Waals surface area contributed by atoms with Crippen molar-refractivity contribution in [1.29, 1.82) is 0 Å². The number of hydrogen-bond donors (Lipinski definition) is 2. The average molecular weight is 353 g/mol. The summed E-state index contributed by atoms with van der Waals surface area (Å²) in [5, 5.41) is 10.0. The van der Waals surface area contributed by atoms with Gasteiger partial charge in [-0.1, -0.05) is 24.3 Å². The molecule has 0 aliphatic carbocycles. The monoisotopic (exact) mass is 353 g/mol. The highest BCUT2D eigenvalue weighted by atomic mass is 32.1. The molecule has 25 heavy (non-hydrogen) atoms. The van der Waals surface area contributed by atoms with Crippen LogP contribution in [0.3, 0.4) is 0 Å². The third-order valence-electron chi connectivity index (χ3n) is 3.56. The van der Waals surface area contributed by atoms with Crippen LogP contribution in [0.25, 0.3) is 21.9 Å². The van der Waals surface area contributed by atoms with Crippen molar-refractivity contribution >= 4 is 51.2 Å². The fourth-order valence-electron chi connectivity index (χ4n) is 2.41. The van der Waals surface area contributed by atoms with Gasteiger partial charge < -0.3 is 10.1 Å². The second kappa shape index (κ2) is 6.29. The first kappa shape index (κ1) is 15.2. The van der Waals surface area contributed by atoms with Gasteiger partial charge in [0.15, 0.2) is 12.3 Å². The lowest BCUT2D eigenvalue weighted by atomic mass is 10.2. The van der Waals surface area contributed by atoms with Gasteiger partial charge in [0.2, 0.25) is 0 Å². The zero-order valence-electron chi connectivity index (χ0n) is 12.7. The van der Waals surface area contributed by atoms with Gasteiger partial charge in [-0.2, -0.15) is 13.8 Å². The van der Waals surface area contributed by atoms with E-state index in [9.17, 15) is 9.59 Å². The number of aromatic nitrogens is 4. The molecule has 2 aromatic carbocycles. The van der Waals surface area contributed by atoms with Crippen LogP contribution >= 0.6 is 11.7 Å². The quantitative estimate of drug-likeness (QED) is 0.545. The van der Waals surface area contributed by atoms with Gasteiger partial charge in [0.05, 0.1) is 22.9 Å². The summed E-state index contributed by atoms with van der Waals surface area (Å²) in [4.78, 5) is 24.2. The minimum atomic E-state index is -0.666. The van der Waals surface area contributed by atoms with Gasteiger partial charge in [-0.3, -0.25) is 9.89 Å². The molecule has 2 N–H and O–H groups in total. The molecule has 9 heteroatoms. The van der Waals surface area contributed by atoms with Gasteiger partial charge in [-0.05, 0) is 18.2 Å². The van der Waals surface area contributed by atoms with E-state index in [0.29, 0.717) is 22.1 Å². The molecule has 2 aromatic heterocycles. The molecule has 0 saturated heterocycles. The van der Waals surface area contributed by atoms with Crippen LogP contribution in [0.5, 0.6) is 0 Å². The predicted octanol–water partition coefficient (Wildman–Crippen LogP) is 2.36. The Morgan fingerprint density at radius 1 is 1.12 bits per heavy atom. The average Bonchev–Trinajstić information content (AvgIpc) is 3.27. The second-order valence-corrected chi connectivity index (χ2v) is 5.71. The maximum absolute atomic E-state index is 12.1. The number of anilines is 1. The summed E-state index contributed by atoms with van der Waals surface area (Å²) >= 11 is 1.06. The summed E-state index contributed by atoms with van der Waals surface area (Å²) in [7, 11) is 0. The topological polar surface area (TPSA) is 110 Å². The zero-order chi connectivity index (χ0) is 17.2. The fourth-order valence-corrected chi connectivity index (χ4v) is 2.96. The zero-order valence-corrected chi connectivity index (χ0v) is 13.5. The predicted molar refractivity (Wildman–Crippen MR) is 92.4 cm³/mol. The molecule has 0 radical (unpaired) electrons. The Kier molecular flexibility index (Phi) is 3.82. The van der Waals surface area contributed by atoms with E-state index in [1.54, 1.807) is 36.4 Å². The van der Waals surface area contributed by atoms with Gasteiger partial charge in [-0.25, -0.2) is 4.79 Å². The Balaban J connectivity index is 1.43. The maximum atomic E-state index is 12.1. The molecule has 0 fully saturated rings. The summed E-state index contributed by atoms with van der Waals surface area (Å²) in [6, 6.07) is 12.5. The Bertz CT molecular complexity index is 1090. The summed E-state index contributed by atoms with van der Waals surface area (Å²) in [6.45, 7) is -0.423. The van der Waals surface area contributed by atoms with E-state index < -0.39 is 18.5 Å².